The van der Waals surface area contributed by atoms with Crippen LogP contribution in [0, 0.1) is 0 Å². The van der Waals surface area contributed by atoms with E-state index in [1.807, 2.05) is 30.3 Å². The summed E-state index contributed by atoms with van der Waals surface area (Å²) in [5.41, 5.74) is 2.11. The van der Waals surface area contributed by atoms with E-state index in [1.54, 1.807) is 54.4 Å². The van der Waals surface area contributed by atoms with Gasteiger partial charge in [-0.25, -0.2) is 0 Å². The van der Waals surface area contributed by atoms with Crippen LogP contribution in [0.15, 0.2) is 72.8 Å². The molecule has 0 heterocycles. The van der Waals surface area contributed by atoms with Crippen LogP contribution in [-0.4, -0.2) is 18.9 Å². The summed E-state index contributed by atoms with van der Waals surface area (Å²) in [6, 6.07) is 20.6. The number of rotatable bonds is 4. The molecule has 0 aliphatic rings. The largest absolute Gasteiger partial charge is 0.321 e. The highest BCUT2D eigenvalue weighted by Crippen LogP contribution is 2.26. The zero-order valence-electron chi connectivity index (χ0n) is 14.4. The second kappa shape index (κ2) is 8.25. The van der Waals surface area contributed by atoms with E-state index < -0.39 is 0 Å². The normalized spacial score (nSPS) is 10.3. The van der Waals surface area contributed by atoms with Gasteiger partial charge in [-0.3, -0.25) is 9.59 Å². The van der Waals surface area contributed by atoms with Crippen molar-refractivity contribution < 1.29 is 9.59 Å². The van der Waals surface area contributed by atoms with E-state index in [0.717, 1.165) is 5.69 Å². The maximum atomic E-state index is 12.6. The third kappa shape index (κ3) is 4.48. The van der Waals surface area contributed by atoms with Crippen molar-refractivity contribution in [2.24, 2.45) is 0 Å². The molecule has 0 spiro atoms. The number of anilines is 2. The number of carbonyl (C=O) groups is 2. The second-order valence-electron chi connectivity index (χ2n) is 5.86. The number of halogens is 2. The van der Waals surface area contributed by atoms with Crippen molar-refractivity contribution in [3.05, 3.63) is 94.0 Å². The average molecular weight is 399 g/mol. The predicted octanol–water partition coefficient (Wildman–Crippen LogP) is 5.52. The molecule has 3 aromatic rings. The molecule has 0 aromatic heterocycles. The molecule has 0 saturated carbocycles. The fraction of sp³-hybridized carbons (Fsp3) is 0.0476. The molecular formula is C21H16Cl2N2O2. The summed E-state index contributed by atoms with van der Waals surface area (Å²) in [5, 5.41) is 3.58. The molecule has 136 valence electrons. The summed E-state index contributed by atoms with van der Waals surface area (Å²) >= 11 is 12.0. The van der Waals surface area contributed by atoms with Crippen molar-refractivity contribution in [1.82, 2.24) is 0 Å². The van der Waals surface area contributed by atoms with Gasteiger partial charge in [0.15, 0.2) is 0 Å². The molecule has 0 bridgehead atoms. The van der Waals surface area contributed by atoms with Crippen molar-refractivity contribution in [2.75, 3.05) is 17.3 Å². The first-order valence-electron chi connectivity index (χ1n) is 8.15. The first-order chi connectivity index (χ1) is 13.0. The van der Waals surface area contributed by atoms with Crippen LogP contribution in [0.5, 0.6) is 0 Å². The van der Waals surface area contributed by atoms with Gasteiger partial charge in [0.2, 0.25) is 0 Å². The van der Waals surface area contributed by atoms with Gasteiger partial charge in [-0.2, -0.15) is 0 Å². The highest BCUT2D eigenvalue weighted by atomic mass is 35.5. The van der Waals surface area contributed by atoms with Crippen LogP contribution in [0.1, 0.15) is 20.7 Å². The highest BCUT2D eigenvalue weighted by molar-refractivity contribution is 6.35. The van der Waals surface area contributed by atoms with Crippen molar-refractivity contribution in [1.29, 1.82) is 0 Å². The van der Waals surface area contributed by atoms with Gasteiger partial charge in [-0.05, 0) is 54.6 Å². The van der Waals surface area contributed by atoms with Gasteiger partial charge in [0, 0.05) is 28.9 Å². The zero-order chi connectivity index (χ0) is 19.4. The molecule has 0 atom stereocenters. The molecule has 0 unspecified atom stereocenters. The molecular weight excluding hydrogens is 383 g/mol. The van der Waals surface area contributed by atoms with E-state index >= 15 is 0 Å². The van der Waals surface area contributed by atoms with Gasteiger partial charge in [0.1, 0.15) is 0 Å². The first-order valence-corrected chi connectivity index (χ1v) is 8.91. The molecule has 6 heteroatoms. The minimum absolute atomic E-state index is 0.161. The van der Waals surface area contributed by atoms with Gasteiger partial charge in [-0.1, -0.05) is 41.4 Å². The van der Waals surface area contributed by atoms with E-state index in [-0.39, 0.29) is 11.8 Å². The Balaban J connectivity index is 1.74. The monoisotopic (exact) mass is 398 g/mol. The second-order valence-corrected chi connectivity index (χ2v) is 6.70. The maximum absolute atomic E-state index is 12.6. The lowest BCUT2D eigenvalue weighted by Gasteiger charge is -2.17. The number of para-hydroxylation sites is 1. The van der Waals surface area contributed by atoms with Crippen LogP contribution in [-0.2, 0) is 0 Å². The van der Waals surface area contributed by atoms with Crippen molar-refractivity contribution >= 4 is 46.4 Å². The van der Waals surface area contributed by atoms with Crippen LogP contribution in [0.25, 0.3) is 0 Å². The van der Waals surface area contributed by atoms with E-state index in [1.165, 1.54) is 0 Å². The summed E-state index contributed by atoms with van der Waals surface area (Å²) in [4.78, 5) is 26.6. The molecule has 0 radical (unpaired) electrons. The average Bonchev–Trinajstić information content (AvgIpc) is 2.70. The lowest BCUT2D eigenvalue weighted by molar-refractivity contribution is 0.0989. The molecule has 1 N–H and O–H groups in total. The molecule has 0 aliphatic carbocycles. The van der Waals surface area contributed by atoms with Crippen LogP contribution in [0.4, 0.5) is 11.4 Å². The Morgan fingerprint density at radius 1 is 0.852 bits per heavy atom. The van der Waals surface area contributed by atoms with E-state index in [0.29, 0.717) is 26.9 Å². The van der Waals surface area contributed by atoms with Gasteiger partial charge in [0.25, 0.3) is 11.8 Å². The minimum Gasteiger partial charge on any atom is -0.321 e. The molecule has 0 aliphatic heterocycles. The van der Waals surface area contributed by atoms with Gasteiger partial charge < -0.3 is 10.2 Å². The summed E-state index contributed by atoms with van der Waals surface area (Å²) in [6.45, 7) is 0. The van der Waals surface area contributed by atoms with E-state index in [4.69, 9.17) is 23.2 Å². The molecule has 0 saturated heterocycles. The topological polar surface area (TPSA) is 49.4 Å². The number of hydrogen-bond donors (Lipinski definition) is 1. The summed E-state index contributed by atoms with van der Waals surface area (Å²) in [7, 11) is 1.71. The third-order valence-corrected chi connectivity index (χ3v) is 4.58. The molecule has 27 heavy (non-hydrogen) atoms. The molecule has 0 fully saturated rings. The number of hydrogen-bond acceptors (Lipinski definition) is 2. The Morgan fingerprint density at radius 2 is 1.48 bits per heavy atom. The minimum atomic E-state index is -0.338. The van der Waals surface area contributed by atoms with Crippen LogP contribution in [0.3, 0.4) is 0 Å². The highest BCUT2D eigenvalue weighted by Gasteiger charge is 2.15. The molecule has 4 nitrogen and oxygen atoms in total. The number of benzene rings is 3. The van der Waals surface area contributed by atoms with E-state index in [2.05, 4.69) is 5.32 Å². The van der Waals surface area contributed by atoms with Crippen molar-refractivity contribution in [3.8, 4) is 0 Å². The number of carbonyl (C=O) groups excluding carboxylic acids is 2. The maximum Gasteiger partial charge on any atom is 0.258 e. The van der Waals surface area contributed by atoms with E-state index in [9.17, 15) is 9.59 Å². The van der Waals surface area contributed by atoms with Crippen LogP contribution in [0.2, 0.25) is 10.0 Å². The lowest BCUT2D eigenvalue weighted by Crippen LogP contribution is -2.26. The van der Waals surface area contributed by atoms with Gasteiger partial charge in [-0.15, -0.1) is 0 Å². The number of amides is 2. The zero-order valence-corrected chi connectivity index (χ0v) is 16.0. The Labute approximate surface area is 167 Å². The SMILES string of the molecule is CN(C(=O)c1ccc(C(=O)Nc2cc(Cl)ccc2Cl)cc1)c1ccccc1. The van der Waals surface area contributed by atoms with Crippen molar-refractivity contribution in [2.45, 2.75) is 0 Å². The fourth-order valence-electron chi connectivity index (χ4n) is 2.51. The Morgan fingerprint density at radius 3 is 2.15 bits per heavy atom. The third-order valence-electron chi connectivity index (χ3n) is 4.02. The predicted molar refractivity (Wildman–Crippen MR) is 110 cm³/mol. The molecule has 3 aromatic carbocycles. The Bertz CT molecular complexity index is 973. The standard InChI is InChI=1S/C21H16Cl2N2O2/c1-25(17-5-3-2-4-6-17)21(27)15-9-7-14(8-10-15)20(26)24-19-13-16(22)11-12-18(19)23/h2-13H,1H3,(H,24,26). The lowest BCUT2D eigenvalue weighted by atomic mass is 10.1. The smallest absolute Gasteiger partial charge is 0.258 e. The summed E-state index contributed by atoms with van der Waals surface area (Å²) in [5.74, 6) is -0.499. The van der Waals surface area contributed by atoms with Gasteiger partial charge in [0.05, 0.1) is 10.7 Å². The van der Waals surface area contributed by atoms with Gasteiger partial charge >= 0.3 is 0 Å². The molecule has 3 rings (SSSR count). The summed E-state index contributed by atoms with van der Waals surface area (Å²) in [6.07, 6.45) is 0. The summed E-state index contributed by atoms with van der Waals surface area (Å²) < 4.78 is 0. The van der Waals surface area contributed by atoms with Crippen molar-refractivity contribution in [3.63, 3.8) is 0 Å². The van der Waals surface area contributed by atoms with Crippen LogP contribution < -0.4 is 10.2 Å². The number of nitrogens with zero attached hydrogens (tertiary/aromatic N) is 1. The Kier molecular flexibility index (Phi) is 5.79. The molecule has 2 amide bonds. The Hall–Kier alpha value is -2.82. The quantitative estimate of drug-likeness (QED) is 0.628. The first kappa shape index (κ1) is 19.0. The van der Waals surface area contributed by atoms with Crippen LogP contribution >= 0.6 is 23.2 Å². The fourth-order valence-corrected chi connectivity index (χ4v) is 2.85. The number of nitrogens with one attached hydrogen (secondary N) is 1.